The van der Waals surface area contributed by atoms with Crippen LogP contribution in [-0.2, 0) is 4.74 Å². The lowest BCUT2D eigenvalue weighted by Crippen LogP contribution is -2.13. The van der Waals surface area contributed by atoms with E-state index in [1.54, 1.807) is 30.8 Å². The smallest absolute Gasteiger partial charge is 0.337 e. The number of carboxylic acid groups (broad SMARTS) is 1. The molecule has 2 atom stereocenters. The number of thioether (sulfide) groups is 1. The van der Waals surface area contributed by atoms with Gasteiger partial charge in [-0.2, -0.15) is 0 Å². The molecule has 1 fully saturated rings. The molecule has 0 bridgehead atoms. The molecule has 1 aromatic heterocycles. The number of carbonyl (C=O) groups is 1. The molecule has 92 valence electrons. The van der Waals surface area contributed by atoms with Crippen LogP contribution in [-0.4, -0.2) is 34.0 Å². The lowest BCUT2D eigenvalue weighted by molar-refractivity contribution is 0.0695. The maximum absolute atomic E-state index is 10.9. The molecule has 1 aliphatic rings. The molecule has 5 heteroatoms. The molecule has 0 aromatic carbocycles. The van der Waals surface area contributed by atoms with E-state index in [1.807, 2.05) is 0 Å². The van der Waals surface area contributed by atoms with Crippen LogP contribution < -0.4 is 0 Å². The molecule has 1 aromatic rings. The number of hydrogen-bond donors (Lipinski definition) is 1. The number of carboxylic acids is 1. The number of nitrogens with zero attached hydrogens (tertiary/aromatic N) is 1. The van der Waals surface area contributed by atoms with Gasteiger partial charge < -0.3 is 9.84 Å². The van der Waals surface area contributed by atoms with Crippen LogP contribution in [0, 0.1) is 6.92 Å². The molecule has 1 N–H and O–H groups in total. The number of aryl methyl sites for hydroxylation is 1. The van der Waals surface area contributed by atoms with Crippen molar-refractivity contribution in [1.82, 2.24) is 4.98 Å². The van der Waals surface area contributed by atoms with Gasteiger partial charge in [-0.05, 0) is 32.4 Å². The lowest BCUT2D eigenvalue weighted by Gasteiger charge is -2.13. The van der Waals surface area contributed by atoms with Crippen molar-refractivity contribution in [3.63, 3.8) is 0 Å². The Morgan fingerprint density at radius 3 is 2.88 bits per heavy atom. The summed E-state index contributed by atoms with van der Waals surface area (Å²) in [7, 11) is 0. The summed E-state index contributed by atoms with van der Waals surface area (Å²) >= 11 is 1.66. The Bertz CT molecular complexity index is 436. The second-order valence-electron chi connectivity index (χ2n) is 4.11. The Hall–Kier alpha value is -1.07. The molecule has 0 spiro atoms. The third-order valence-corrected chi connectivity index (χ3v) is 4.26. The SMILES string of the molecule is Cc1nc(SC2CCOC2C)ccc1C(=O)O. The average molecular weight is 253 g/mol. The largest absolute Gasteiger partial charge is 0.478 e. The van der Waals surface area contributed by atoms with Crippen molar-refractivity contribution >= 4 is 17.7 Å². The van der Waals surface area contributed by atoms with E-state index in [4.69, 9.17) is 9.84 Å². The maximum atomic E-state index is 10.9. The summed E-state index contributed by atoms with van der Waals surface area (Å²) in [5, 5.41) is 10.2. The second-order valence-corrected chi connectivity index (χ2v) is 5.37. The van der Waals surface area contributed by atoms with E-state index in [0.29, 0.717) is 10.9 Å². The standard InChI is InChI=1S/C12H15NO3S/c1-7-9(12(14)15)3-4-11(13-7)17-10-5-6-16-8(10)2/h3-4,8,10H,5-6H2,1-2H3,(H,14,15). The van der Waals surface area contributed by atoms with Crippen molar-refractivity contribution in [2.75, 3.05) is 6.61 Å². The summed E-state index contributed by atoms with van der Waals surface area (Å²) in [5.41, 5.74) is 0.833. The zero-order valence-corrected chi connectivity index (χ0v) is 10.7. The molecule has 0 radical (unpaired) electrons. The molecule has 1 aliphatic heterocycles. The van der Waals surface area contributed by atoms with E-state index in [1.165, 1.54) is 0 Å². The van der Waals surface area contributed by atoms with Gasteiger partial charge in [0.15, 0.2) is 0 Å². The molecule has 17 heavy (non-hydrogen) atoms. The van der Waals surface area contributed by atoms with E-state index in [9.17, 15) is 4.79 Å². The fourth-order valence-corrected chi connectivity index (χ4v) is 2.98. The fraction of sp³-hybridized carbons (Fsp3) is 0.500. The normalized spacial score (nSPS) is 23.9. The first kappa shape index (κ1) is 12.4. The van der Waals surface area contributed by atoms with Crippen molar-refractivity contribution < 1.29 is 14.6 Å². The molecule has 0 amide bonds. The Kier molecular flexibility index (Phi) is 3.69. The minimum atomic E-state index is -0.927. The highest BCUT2D eigenvalue weighted by Gasteiger charge is 2.25. The number of ether oxygens (including phenoxy) is 1. The predicted octanol–water partition coefficient (Wildman–Crippen LogP) is 2.36. The Morgan fingerprint density at radius 2 is 2.35 bits per heavy atom. The second kappa shape index (κ2) is 5.06. The van der Waals surface area contributed by atoms with Gasteiger partial charge in [-0.3, -0.25) is 0 Å². The van der Waals surface area contributed by atoms with Gasteiger partial charge >= 0.3 is 5.97 Å². The van der Waals surface area contributed by atoms with Gasteiger partial charge in [-0.15, -0.1) is 11.8 Å². The van der Waals surface area contributed by atoms with Crippen LogP contribution in [0.1, 0.15) is 29.4 Å². The van der Waals surface area contributed by atoms with Crippen LogP contribution in [0.2, 0.25) is 0 Å². The summed E-state index contributed by atoms with van der Waals surface area (Å²) in [6.45, 7) is 4.58. The van der Waals surface area contributed by atoms with Crippen LogP contribution >= 0.6 is 11.8 Å². The number of aromatic carboxylic acids is 1. The van der Waals surface area contributed by atoms with Gasteiger partial charge in [0, 0.05) is 11.9 Å². The molecule has 4 nitrogen and oxygen atoms in total. The predicted molar refractivity (Wildman–Crippen MR) is 65.6 cm³/mol. The van der Waals surface area contributed by atoms with Gasteiger partial charge in [0.2, 0.25) is 0 Å². The first-order valence-electron chi connectivity index (χ1n) is 5.57. The maximum Gasteiger partial charge on any atom is 0.337 e. The van der Waals surface area contributed by atoms with Crippen LogP contribution in [0.15, 0.2) is 17.2 Å². The van der Waals surface area contributed by atoms with E-state index >= 15 is 0 Å². The highest BCUT2D eigenvalue weighted by atomic mass is 32.2. The summed E-state index contributed by atoms with van der Waals surface area (Å²) in [6, 6.07) is 3.39. The highest BCUT2D eigenvalue weighted by molar-refractivity contribution is 7.99. The first-order valence-corrected chi connectivity index (χ1v) is 6.45. The molecule has 0 saturated carbocycles. The van der Waals surface area contributed by atoms with E-state index < -0.39 is 5.97 Å². The molecule has 1 saturated heterocycles. The van der Waals surface area contributed by atoms with Gasteiger partial charge in [-0.25, -0.2) is 9.78 Å². The Labute approximate surface area is 104 Å². The van der Waals surface area contributed by atoms with Crippen molar-refractivity contribution in [1.29, 1.82) is 0 Å². The average Bonchev–Trinajstić information content (AvgIpc) is 2.64. The van der Waals surface area contributed by atoms with Crippen molar-refractivity contribution in [2.24, 2.45) is 0 Å². The van der Waals surface area contributed by atoms with E-state index in [2.05, 4.69) is 11.9 Å². The van der Waals surface area contributed by atoms with Gasteiger partial charge in [0.05, 0.1) is 22.4 Å². The zero-order valence-electron chi connectivity index (χ0n) is 9.84. The van der Waals surface area contributed by atoms with E-state index in [0.717, 1.165) is 18.1 Å². The van der Waals surface area contributed by atoms with Gasteiger partial charge in [0.1, 0.15) is 0 Å². The molecule has 0 aliphatic carbocycles. The summed E-state index contributed by atoms with van der Waals surface area (Å²) in [5.74, 6) is -0.927. The minimum absolute atomic E-state index is 0.237. The molecular formula is C12H15NO3S. The Morgan fingerprint density at radius 1 is 1.59 bits per heavy atom. The van der Waals surface area contributed by atoms with E-state index in [-0.39, 0.29) is 11.7 Å². The fourth-order valence-electron chi connectivity index (χ4n) is 1.85. The summed E-state index contributed by atoms with van der Waals surface area (Å²) in [4.78, 5) is 15.2. The number of pyridine rings is 1. The van der Waals surface area contributed by atoms with Crippen LogP contribution in [0.25, 0.3) is 0 Å². The molecule has 2 rings (SSSR count). The van der Waals surface area contributed by atoms with Crippen LogP contribution in [0.3, 0.4) is 0 Å². The number of rotatable bonds is 3. The molecular weight excluding hydrogens is 238 g/mol. The monoisotopic (exact) mass is 253 g/mol. The van der Waals surface area contributed by atoms with Crippen molar-refractivity contribution in [2.45, 2.75) is 36.6 Å². The topological polar surface area (TPSA) is 59.4 Å². The third-order valence-electron chi connectivity index (χ3n) is 2.87. The third kappa shape index (κ3) is 2.79. The lowest BCUT2D eigenvalue weighted by atomic mass is 10.2. The van der Waals surface area contributed by atoms with Crippen LogP contribution in [0.5, 0.6) is 0 Å². The molecule has 2 unspecified atom stereocenters. The minimum Gasteiger partial charge on any atom is -0.478 e. The zero-order chi connectivity index (χ0) is 12.4. The quantitative estimate of drug-likeness (QED) is 0.896. The highest BCUT2D eigenvalue weighted by Crippen LogP contribution is 2.31. The van der Waals surface area contributed by atoms with Gasteiger partial charge in [-0.1, -0.05) is 0 Å². The van der Waals surface area contributed by atoms with Crippen molar-refractivity contribution in [3.8, 4) is 0 Å². The summed E-state index contributed by atoms with van der Waals surface area (Å²) < 4.78 is 5.49. The van der Waals surface area contributed by atoms with Gasteiger partial charge in [0.25, 0.3) is 0 Å². The Balaban J connectivity index is 2.12. The summed E-state index contributed by atoms with van der Waals surface area (Å²) in [6.07, 6.45) is 1.26. The van der Waals surface area contributed by atoms with Crippen LogP contribution in [0.4, 0.5) is 0 Å². The van der Waals surface area contributed by atoms with Crippen molar-refractivity contribution in [3.05, 3.63) is 23.4 Å². The number of aromatic nitrogens is 1. The molecule has 2 heterocycles. The number of hydrogen-bond acceptors (Lipinski definition) is 4. The first-order chi connectivity index (χ1) is 8.08.